The fraction of sp³-hybridized carbons (Fsp3) is 0.875. The molecule has 0 spiro atoms. The van der Waals surface area contributed by atoms with Crippen molar-refractivity contribution in [3.05, 3.63) is 0 Å². The lowest BCUT2D eigenvalue weighted by Crippen LogP contribution is -2.43. The summed E-state index contributed by atoms with van der Waals surface area (Å²) in [6, 6.07) is -0.0898. The van der Waals surface area contributed by atoms with Crippen LogP contribution in [0, 0.1) is 11.4 Å². The van der Waals surface area contributed by atoms with Crippen LogP contribution in [0.4, 0.5) is 0 Å². The van der Waals surface area contributed by atoms with Gasteiger partial charge in [0, 0.05) is 25.4 Å². The van der Waals surface area contributed by atoms with Crippen molar-refractivity contribution in [2.24, 2.45) is 11.0 Å². The number of rotatable bonds is 3. The summed E-state index contributed by atoms with van der Waals surface area (Å²) >= 11 is 0. The Bertz CT molecular complexity index is 263. The highest BCUT2D eigenvalue weighted by Crippen LogP contribution is 2.27. The van der Waals surface area contributed by atoms with Gasteiger partial charge in [-0.1, -0.05) is 0 Å². The summed E-state index contributed by atoms with van der Waals surface area (Å²) in [5, 5.41) is 14.4. The van der Waals surface area contributed by atoms with Crippen LogP contribution in [0.3, 0.4) is 0 Å². The van der Waals surface area contributed by atoms with Gasteiger partial charge < -0.3 is 14.6 Å². The summed E-state index contributed by atoms with van der Waals surface area (Å²) in [7, 11) is 1.47. The van der Waals surface area contributed by atoms with Crippen molar-refractivity contribution in [3.8, 4) is 0 Å². The highest BCUT2D eigenvalue weighted by molar-refractivity contribution is 5.68. The minimum atomic E-state index is -1.07. The van der Waals surface area contributed by atoms with Gasteiger partial charge >= 0.3 is 0 Å². The lowest BCUT2D eigenvalue weighted by molar-refractivity contribution is -0.315. The first-order valence-corrected chi connectivity index (χ1v) is 4.49. The van der Waals surface area contributed by atoms with Crippen molar-refractivity contribution in [1.82, 2.24) is 4.91 Å². The fourth-order valence-corrected chi connectivity index (χ4v) is 1.82. The number of carbonyl (C=O) groups is 1. The Balaban J connectivity index is 2.63. The third-order valence-corrected chi connectivity index (χ3v) is 2.59. The van der Waals surface area contributed by atoms with Crippen LogP contribution in [-0.2, 0) is 9.53 Å². The maximum atomic E-state index is 10.7. The number of methoxy groups -OCH3 is 1. The van der Waals surface area contributed by atoms with Crippen molar-refractivity contribution >= 4 is 5.97 Å². The van der Waals surface area contributed by atoms with E-state index in [4.69, 9.17) is 10.3 Å². The molecule has 0 aromatic heterocycles. The van der Waals surface area contributed by atoms with Crippen LogP contribution in [0.25, 0.3) is 0 Å². The summed E-state index contributed by atoms with van der Waals surface area (Å²) in [4.78, 5) is 13.7. The summed E-state index contributed by atoms with van der Waals surface area (Å²) in [5.74, 6) is -1.63. The van der Waals surface area contributed by atoms with E-state index in [9.17, 15) is 9.90 Å². The average molecular weight is 199 g/mol. The maximum absolute atomic E-state index is 10.7. The highest BCUT2D eigenvalue weighted by atomic mass is 16.5. The van der Waals surface area contributed by atoms with Gasteiger partial charge in [0.1, 0.15) is 16.7 Å². The minimum absolute atomic E-state index is 0.0898. The van der Waals surface area contributed by atoms with Crippen molar-refractivity contribution in [1.29, 1.82) is 5.53 Å². The van der Waals surface area contributed by atoms with Crippen LogP contribution in [-0.4, -0.2) is 25.2 Å². The molecule has 78 valence electrons. The predicted molar refractivity (Wildman–Crippen MR) is 44.2 cm³/mol. The zero-order valence-electron chi connectivity index (χ0n) is 7.97. The largest absolute Gasteiger partial charge is 0.550 e. The highest BCUT2D eigenvalue weighted by Gasteiger charge is 2.33. The number of hydrogen-bond donors (Lipinski definition) is 1. The molecule has 0 radical (unpaired) electrons. The SMILES string of the molecule is CO[C@@H]1C[C@H](N=[N+]=N)CC[C@H]1C(=O)[O-]. The molecule has 0 unspecified atom stereocenters. The molecule has 1 N–H and O–H groups in total. The van der Waals surface area contributed by atoms with E-state index in [1.165, 1.54) is 7.11 Å². The molecule has 6 heteroatoms. The van der Waals surface area contributed by atoms with E-state index >= 15 is 0 Å². The Hall–Kier alpha value is -1.26. The van der Waals surface area contributed by atoms with Gasteiger partial charge in [-0.2, -0.15) is 0 Å². The second-order valence-electron chi connectivity index (χ2n) is 3.38. The van der Waals surface area contributed by atoms with Crippen molar-refractivity contribution in [3.63, 3.8) is 0 Å². The maximum Gasteiger partial charge on any atom is 0.214 e. The van der Waals surface area contributed by atoms with E-state index in [1.807, 2.05) is 0 Å². The number of carboxylic acids is 1. The first-order chi connectivity index (χ1) is 6.69. The molecule has 1 aliphatic carbocycles. The van der Waals surface area contributed by atoms with E-state index in [-0.39, 0.29) is 12.1 Å². The number of nitrogens with zero attached hydrogens (tertiary/aromatic N) is 2. The molecule has 1 saturated carbocycles. The van der Waals surface area contributed by atoms with Gasteiger partial charge in [-0.15, -0.1) is 0 Å². The van der Waals surface area contributed by atoms with Gasteiger partial charge in [-0.25, -0.2) is 0 Å². The first-order valence-electron chi connectivity index (χ1n) is 4.49. The van der Waals surface area contributed by atoms with Gasteiger partial charge in [0.05, 0.1) is 6.10 Å². The third kappa shape index (κ3) is 2.37. The molecule has 1 fully saturated rings. The van der Waals surface area contributed by atoms with Gasteiger partial charge in [0.15, 0.2) is 0 Å². The molecular weight excluding hydrogens is 186 g/mol. The van der Waals surface area contributed by atoms with Gasteiger partial charge in [0.25, 0.3) is 0 Å². The summed E-state index contributed by atoms with van der Waals surface area (Å²) in [5.41, 5.74) is 6.59. The number of ether oxygens (including phenoxy) is 1. The Morgan fingerprint density at radius 2 is 2.36 bits per heavy atom. The van der Waals surface area contributed by atoms with Crippen LogP contribution >= 0.6 is 0 Å². The number of hydrogen-bond acceptors (Lipinski definition) is 5. The summed E-state index contributed by atoms with van der Waals surface area (Å²) in [6.45, 7) is 0. The standard InChI is InChI=1S/C8H13N3O3/c1-14-7-4-5(10-11-9)2-3-6(7)8(12)13/h5-7,9H,2-4H2,1H3/t5-,6-,7-/m1/s1. The molecule has 1 rings (SSSR count). The summed E-state index contributed by atoms with van der Waals surface area (Å²) < 4.78 is 5.06. The lowest BCUT2D eigenvalue weighted by atomic mass is 9.84. The molecule has 0 aromatic carbocycles. The molecule has 0 aliphatic heterocycles. The van der Waals surface area contributed by atoms with Crippen LogP contribution in [0.2, 0.25) is 0 Å². The second-order valence-corrected chi connectivity index (χ2v) is 3.38. The van der Waals surface area contributed by atoms with Crippen molar-refractivity contribution < 1.29 is 14.6 Å². The molecular formula is C8H13N3O3. The Kier molecular flexibility index (Phi) is 3.73. The lowest BCUT2D eigenvalue weighted by Gasteiger charge is -2.32. The first kappa shape index (κ1) is 10.8. The zero-order valence-corrected chi connectivity index (χ0v) is 7.97. The van der Waals surface area contributed by atoms with Crippen molar-refractivity contribution in [2.45, 2.75) is 31.4 Å². The quantitative estimate of drug-likeness (QED) is 0.488. The summed E-state index contributed by atoms with van der Waals surface area (Å²) in [6.07, 6.45) is 1.23. The van der Waals surface area contributed by atoms with E-state index in [0.29, 0.717) is 19.3 Å². The average Bonchev–Trinajstić information content (AvgIpc) is 2.17. The van der Waals surface area contributed by atoms with E-state index in [0.717, 1.165) is 0 Å². The van der Waals surface area contributed by atoms with Gasteiger partial charge in [-0.05, 0) is 12.8 Å². The Labute approximate surface area is 81.5 Å². The van der Waals surface area contributed by atoms with Crippen LogP contribution in [0.15, 0.2) is 5.11 Å². The molecule has 0 bridgehead atoms. The van der Waals surface area contributed by atoms with Crippen LogP contribution in [0.1, 0.15) is 19.3 Å². The van der Waals surface area contributed by atoms with Crippen LogP contribution < -0.4 is 10.0 Å². The van der Waals surface area contributed by atoms with Crippen molar-refractivity contribution in [2.75, 3.05) is 7.11 Å². The Morgan fingerprint density at radius 3 is 2.86 bits per heavy atom. The number of nitrogens with one attached hydrogen (secondary N) is 1. The van der Waals surface area contributed by atoms with Gasteiger partial charge in [0.2, 0.25) is 4.91 Å². The third-order valence-electron chi connectivity index (χ3n) is 2.59. The molecule has 0 saturated heterocycles. The molecule has 3 atom stereocenters. The zero-order chi connectivity index (χ0) is 10.6. The van der Waals surface area contributed by atoms with E-state index < -0.39 is 11.9 Å². The molecule has 0 heterocycles. The number of carboxylic acid groups (broad SMARTS) is 1. The minimum Gasteiger partial charge on any atom is -0.550 e. The molecule has 0 amide bonds. The number of carbonyl (C=O) groups excluding carboxylic acids is 1. The predicted octanol–water partition coefficient (Wildman–Crippen LogP) is -0.530. The topological polar surface area (TPSA) is 99.7 Å². The fourth-order valence-electron chi connectivity index (χ4n) is 1.82. The van der Waals surface area contributed by atoms with E-state index in [1.54, 1.807) is 0 Å². The Morgan fingerprint density at radius 1 is 1.64 bits per heavy atom. The van der Waals surface area contributed by atoms with E-state index in [2.05, 4.69) is 10.0 Å². The molecule has 1 aliphatic rings. The molecule has 14 heavy (non-hydrogen) atoms. The molecule has 6 nitrogen and oxygen atoms in total. The van der Waals surface area contributed by atoms with Gasteiger partial charge in [-0.3, -0.25) is 0 Å². The smallest absolute Gasteiger partial charge is 0.214 e. The molecule has 0 aromatic rings. The monoisotopic (exact) mass is 199 g/mol. The normalized spacial score (nSPS) is 31.9. The second kappa shape index (κ2) is 4.83. The number of aliphatic carboxylic acids is 1. The van der Waals surface area contributed by atoms with Crippen LogP contribution in [0.5, 0.6) is 0 Å².